The predicted molar refractivity (Wildman–Crippen MR) is 113 cm³/mol. The Bertz CT molecular complexity index is 1010. The highest BCUT2D eigenvalue weighted by atomic mass is 32.1. The van der Waals surface area contributed by atoms with Crippen LogP contribution in [-0.2, 0) is 29.0 Å². The average Bonchev–Trinajstić information content (AvgIpc) is 3.01. The largest absolute Gasteiger partial charge is 0.458 e. The number of hydrogen-bond acceptors (Lipinski definition) is 5. The molecule has 28 heavy (non-hydrogen) atoms. The molecule has 148 valence electrons. The van der Waals surface area contributed by atoms with Gasteiger partial charge in [0.1, 0.15) is 17.3 Å². The maximum atomic E-state index is 12.6. The molecule has 1 N–H and O–H groups in total. The van der Waals surface area contributed by atoms with Crippen LogP contribution in [0.4, 0.5) is 0 Å². The monoisotopic (exact) mass is 398 g/mol. The number of thiophene rings is 1. The van der Waals surface area contributed by atoms with Crippen molar-refractivity contribution in [2.75, 3.05) is 0 Å². The molecule has 0 unspecified atom stereocenters. The van der Waals surface area contributed by atoms with Crippen LogP contribution in [0.2, 0.25) is 0 Å². The zero-order valence-electron chi connectivity index (χ0n) is 16.6. The van der Waals surface area contributed by atoms with E-state index in [4.69, 9.17) is 4.74 Å². The van der Waals surface area contributed by atoms with Crippen LogP contribution in [0.15, 0.2) is 35.1 Å². The second kappa shape index (κ2) is 9.15. The summed E-state index contributed by atoms with van der Waals surface area (Å²) in [6, 6.07) is 9.81. The van der Waals surface area contributed by atoms with Gasteiger partial charge in [0.15, 0.2) is 0 Å². The van der Waals surface area contributed by atoms with Crippen molar-refractivity contribution in [2.24, 2.45) is 5.92 Å². The molecule has 3 aromatic rings. The fourth-order valence-electron chi connectivity index (χ4n) is 3.14. The smallest absolute Gasteiger partial charge is 0.306 e. The van der Waals surface area contributed by atoms with E-state index in [0.29, 0.717) is 30.0 Å². The van der Waals surface area contributed by atoms with E-state index in [1.54, 1.807) is 0 Å². The lowest BCUT2D eigenvalue weighted by Gasteiger charge is -2.08. The summed E-state index contributed by atoms with van der Waals surface area (Å²) in [5.74, 6) is 0.606. The van der Waals surface area contributed by atoms with E-state index in [2.05, 4.69) is 23.8 Å². The van der Waals surface area contributed by atoms with Crippen LogP contribution in [0, 0.1) is 12.8 Å². The molecular weight excluding hydrogens is 372 g/mol. The van der Waals surface area contributed by atoms with E-state index >= 15 is 0 Å². The Morgan fingerprint density at radius 1 is 1.29 bits per heavy atom. The predicted octanol–water partition coefficient (Wildman–Crippen LogP) is 4.56. The molecule has 2 aromatic heterocycles. The maximum Gasteiger partial charge on any atom is 0.306 e. The molecule has 0 aliphatic rings. The lowest BCUT2D eigenvalue weighted by Crippen LogP contribution is -2.15. The summed E-state index contributed by atoms with van der Waals surface area (Å²) < 4.78 is 5.31. The Kier molecular flexibility index (Phi) is 6.62. The Balaban J connectivity index is 1.67. The number of nitrogens with zero attached hydrogens (tertiary/aromatic N) is 1. The second-order valence-electron chi connectivity index (χ2n) is 7.19. The van der Waals surface area contributed by atoms with Crippen molar-refractivity contribution in [3.63, 3.8) is 0 Å². The van der Waals surface area contributed by atoms with E-state index in [0.717, 1.165) is 33.7 Å². The number of rotatable bonds is 8. The first-order valence-corrected chi connectivity index (χ1v) is 10.5. The lowest BCUT2D eigenvalue weighted by atomic mass is 9.98. The van der Waals surface area contributed by atoms with E-state index in [-0.39, 0.29) is 18.1 Å². The molecule has 0 fully saturated rings. The number of carbonyl (C=O) groups is 1. The number of nitrogens with one attached hydrogen (secondary N) is 1. The molecule has 0 aliphatic carbocycles. The Morgan fingerprint density at radius 3 is 2.75 bits per heavy atom. The summed E-state index contributed by atoms with van der Waals surface area (Å²) >= 11 is 1.53. The molecule has 0 amide bonds. The Hall–Kier alpha value is -2.47. The summed E-state index contributed by atoms with van der Waals surface area (Å²) in [7, 11) is 0. The molecule has 0 saturated carbocycles. The van der Waals surface area contributed by atoms with E-state index < -0.39 is 0 Å². The molecule has 1 atom stereocenters. The van der Waals surface area contributed by atoms with Crippen LogP contribution in [0.25, 0.3) is 10.2 Å². The van der Waals surface area contributed by atoms with Crippen LogP contribution in [-0.4, -0.2) is 15.9 Å². The number of hydrogen-bond donors (Lipinski definition) is 1. The summed E-state index contributed by atoms with van der Waals surface area (Å²) in [5, 5.41) is 0.682. The van der Waals surface area contributed by atoms with Crippen molar-refractivity contribution in [3.05, 3.63) is 62.5 Å². The molecule has 0 bridgehead atoms. The van der Waals surface area contributed by atoms with Crippen LogP contribution in [0.1, 0.15) is 48.5 Å². The quantitative estimate of drug-likeness (QED) is 0.565. The topological polar surface area (TPSA) is 72.0 Å². The average molecular weight is 399 g/mol. The van der Waals surface area contributed by atoms with E-state index in [1.165, 1.54) is 11.3 Å². The first kappa shape index (κ1) is 20.3. The molecule has 6 heteroatoms. The van der Waals surface area contributed by atoms with Crippen LogP contribution in [0.3, 0.4) is 0 Å². The summed E-state index contributed by atoms with van der Waals surface area (Å²) in [6.45, 7) is 6.36. The molecule has 5 nitrogen and oxygen atoms in total. The molecular formula is C22H26N2O3S. The van der Waals surface area contributed by atoms with Crippen molar-refractivity contribution in [1.82, 2.24) is 9.97 Å². The number of fused-ring (bicyclic) bond motifs is 1. The van der Waals surface area contributed by atoms with Gasteiger partial charge in [-0.3, -0.25) is 9.59 Å². The van der Waals surface area contributed by atoms with Gasteiger partial charge in [0.25, 0.3) is 5.56 Å². The molecule has 0 spiro atoms. The maximum absolute atomic E-state index is 12.6. The highest BCUT2D eigenvalue weighted by Crippen LogP contribution is 2.29. The Labute approximate surface area is 168 Å². The summed E-state index contributed by atoms with van der Waals surface area (Å²) in [5.41, 5.74) is 2.03. The van der Waals surface area contributed by atoms with Crippen LogP contribution >= 0.6 is 11.3 Å². The van der Waals surface area contributed by atoms with Gasteiger partial charge in [0.05, 0.1) is 5.39 Å². The van der Waals surface area contributed by atoms with E-state index in [1.807, 2.05) is 37.3 Å². The molecule has 0 saturated heterocycles. The minimum Gasteiger partial charge on any atom is -0.458 e. The number of aromatic nitrogens is 2. The van der Waals surface area contributed by atoms with Gasteiger partial charge < -0.3 is 9.72 Å². The summed E-state index contributed by atoms with van der Waals surface area (Å²) in [4.78, 5) is 33.8. The first-order valence-electron chi connectivity index (χ1n) is 9.68. The number of esters is 1. The normalized spacial score (nSPS) is 12.2. The van der Waals surface area contributed by atoms with Gasteiger partial charge in [0, 0.05) is 11.3 Å². The molecule has 3 rings (SSSR count). The van der Waals surface area contributed by atoms with Crippen LogP contribution < -0.4 is 5.56 Å². The fraction of sp³-hybridized carbons (Fsp3) is 0.409. The van der Waals surface area contributed by atoms with Crippen molar-refractivity contribution in [3.8, 4) is 0 Å². The zero-order chi connectivity index (χ0) is 20.1. The van der Waals surface area contributed by atoms with Gasteiger partial charge in [0.2, 0.25) is 0 Å². The fourth-order valence-corrected chi connectivity index (χ4v) is 4.21. The highest BCUT2D eigenvalue weighted by Gasteiger charge is 2.17. The summed E-state index contributed by atoms with van der Waals surface area (Å²) in [6.07, 6.45) is 2.87. The number of H-pyrrole nitrogens is 1. The minimum absolute atomic E-state index is 0.0174. The minimum atomic E-state index is -0.300. The lowest BCUT2D eigenvalue weighted by molar-refractivity contribution is -0.145. The second-order valence-corrected chi connectivity index (χ2v) is 8.40. The van der Waals surface area contributed by atoms with Gasteiger partial charge in [-0.05, 0) is 36.8 Å². The SMILES string of the molecule is CC[C@@H](C)Cc1c(C)sc2nc(COC(=O)CCc3ccccc3)[nH]c(=O)c12. The molecule has 2 heterocycles. The van der Waals surface area contributed by atoms with Gasteiger partial charge in [-0.15, -0.1) is 11.3 Å². The molecule has 0 aliphatic heterocycles. The van der Waals surface area contributed by atoms with Gasteiger partial charge >= 0.3 is 5.97 Å². The first-order chi connectivity index (χ1) is 13.5. The number of carbonyl (C=O) groups excluding carboxylic acids is 1. The van der Waals surface area contributed by atoms with Crippen molar-refractivity contribution in [1.29, 1.82) is 0 Å². The van der Waals surface area contributed by atoms with Crippen molar-refractivity contribution >= 4 is 27.5 Å². The number of aryl methyl sites for hydroxylation is 2. The highest BCUT2D eigenvalue weighted by molar-refractivity contribution is 7.18. The van der Waals surface area contributed by atoms with Gasteiger partial charge in [-0.2, -0.15) is 0 Å². The standard InChI is InChI=1S/C22H26N2O3S/c1-4-14(2)12-17-15(3)28-22-20(17)21(26)23-18(24-22)13-27-19(25)11-10-16-8-6-5-7-9-16/h5-9,14H,4,10-13H2,1-3H3,(H,23,24,26)/t14-/m1/s1. The Morgan fingerprint density at radius 2 is 2.04 bits per heavy atom. The zero-order valence-corrected chi connectivity index (χ0v) is 17.4. The third-order valence-corrected chi connectivity index (χ3v) is 6.03. The number of benzene rings is 1. The van der Waals surface area contributed by atoms with Crippen LogP contribution in [0.5, 0.6) is 0 Å². The third-order valence-electron chi connectivity index (χ3n) is 4.99. The molecule has 0 radical (unpaired) electrons. The number of ether oxygens (including phenoxy) is 1. The number of aromatic amines is 1. The van der Waals surface area contributed by atoms with E-state index in [9.17, 15) is 9.59 Å². The van der Waals surface area contributed by atoms with Crippen molar-refractivity contribution < 1.29 is 9.53 Å². The van der Waals surface area contributed by atoms with Gasteiger partial charge in [-0.25, -0.2) is 4.98 Å². The molecule has 1 aromatic carbocycles. The third kappa shape index (κ3) is 4.87. The van der Waals surface area contributed by atoms with Gasteiger partial charge in [-0.1, -0.05) is 50.6 Å². The van der Waals surface area contributed by atoms with Crippen molar-refractivity contribution in [2.45, 2.75) is 53.1 Å².